The van der Waals surface area contributed by atoms with Gasteiger partial charge in [0.1, 0.15) is 6.54 Å². The van der Waals surface area contributed by atoms with Crippen molar-refractivity contribution in [3.05, 3.63) is 23.8 Å². The quantitative estimate of drug-likeness (QED) is 0.636. The van der Waals surface area contributed by atoms with Crippen molar-refractivity contribution >= 4 is 23.3 Å². The Morgan fingerprint density at radius 3 is 2.37 bits per heavy atom. The number of benzene rings is 1. The molecule has 19 heavy (non-hydrogen) atoms. The molecular weight excluding hydrogens is 246 g/mol. The second-order valence-electron chi connectivity index (χ2n) is 4.41. The molecule has 0 aliphatic heterocycles. The van der Waals surface area contributed by atoms with Crippen LogP contribution in [0.5, 0.6) is 0 Å². The third-order valence-corrected chi connectivity index (χ3v) is 2.70. The Labute approximate surface area is 112 Å². The number of methoxy groups -OCH3 is 1. The van der Waals surface area contributed by atoms with Crippen molar-refractivity contribution in [2.24, 2.45) is 0 Å². The molecule has 1 amide bonds. The molecule has 0 aromatic heterocycles. The van der Waals surface area contributed by atoms with E-state index in [-0.39, 0.29) is 12.5 Å². The Morgan fingerprint density at radius 2 is 1.89 bits per heavy atom. The topological polar surface area (TPSA) is 75.9 Å². The van der Waals surface area contributed by atoms with Gasteiger partial charge in [-0.15, -0.1) is 0 Å². The molecule has 104 valence electrons. The van der Waals surface area contributed by atoms with Gasteiger partial charge in [-0.2, -0.15) is 0 Å². The van der Waals surface area contributed by atoms with Gasteiger partial charge >= 0.3 is 5.97 Å². The minimum absolute atomic E-state index is 0.0926. The molecule has 0 aliphatic rings. The number of esters is 1. The number of likely N-dealkylation sites (N-methyl/N-ethyl adjacent to an activating group) is 1. The lowest BCUT2D eigenvalue weighted by molar-refractivity contribution is -0.141. The second-order valence-corrected chi connectivity index (χ2v) is 4.41. The number of carbonyl (C=O) groups excluding carboxylic acids is 2. The van der Waals surface area contributed by atoms with Crippen molar-refractivity contribution in [1.29, 1.82) is 0 Å². The molecule has 0 bridgehead atoms. The first kappa shape index (κ1) is 14.8. The lowest BCUT2D eigenvalue weighted by Crippen LogP contribution is -2.32. The molecule has 2 N–H and O–H groups in total. The molecule has 6 nitrogen and oxygen atoms in total. The fraction of sp³-hybridized carbons (Fsp3) is 0.385. The van der Waals surface area contributed by atoms with E-state index in [1.807, 2.05) is 19.0 Å². The molecule has 0 fully saturated rings. The number of hydrogen-bond donors (Lipinski definition) is 1. The van der Waals surface area contributed by atoms with Crippen LogP contribution in [0.2, 0.25) is 0 Å². The van der Waals surface area contributed by atoms with Gasteiger partial charge in [-0.1, -0.05) is 0 Å². The van der Waals surface area contributed by atoms with Crippen LogP contribution in [0.3, 0.4) is 0 Å². The SMILES string of the molecule is COC(=O)CN(C)C(=O)c1ccc(N(C)C)c(N)c1. The Bertz CT molecular complexity index is 486. The summed E-state index contributed by atoms with van der Waals surface area (Å²) in [7, 11) is 6.56. The van der Waals surface area contributed by atoms with Crippen molar-refractivity contribution in [1.82, 2.24) is 4.90 Å². The highest BCUT2D eigenvalue weighted by Gasteiger charge is 2.16. The molecule has 0 radical (unpaired) electrons. The zero-order chi connectivity index (χ0) is 14.6. The van der Waals surface area contributed by atoms with Crippen molar-refractivity contribution < 1.29 is 14.3 Å². The smallest absolute Gasteiger partial charge is 0.325 e. The summed E-state index contributed by atoms with van der Waals surface area (Å²) in [4.78, 5) is 26.3. The molecule has 0 spiro atoms. The van der Waals surface area contributed by atoms with Gasteiger partial charge in [0.15, 0.2) is 0 Å². The van der Waals surface area contributed by atoms with E-state index in [9.17, 15) is 9.59 Å². The number of nitrogens with zero attached hydrogens (tertiary/aromatic N) is 2. The van der Waals surface area contributed by atoms with E-state index < -0.39 is 5.97 Å². The first-order chi connectivity index (χ1) is 8.86. The lowest BCUT2D eigenvalue weighted by atomic mass is 10.1. The minimum atomic E-state index is -0.464. The molecule has 1 rings (SSSR count). The van der Waals surface area contributed by atoms with Gasteiger partial charge in [0.25, 0.3) is 5.91 Å². The second kappa shape index (κ2) is 6.08. The van der Waals surface area contributed by atoms with Crippen molar-refractivity contribution in [3.8, 4) is 0 Å². The summed E-state index contributed by atoms with van der Waals surface area (Å²) in [5.74, 6) is -0.740. The zero-order valence-corrected chi connectivity index (χ0v) is 11.6. The van der Waals surface area contributed by atoms with Gasteiger partial charge in [-0.25, -0.2) is 0 Å². The minimum Gasteiger partial charge on any atom is -0.468 e. The number of rotatable bonds is 4. The van der Waals surface area contributed by atoms with Gasteiger partial charge in [0.2, 0.25) is 0 Å². The standard InChI is InChI=1S/C13H19N3O3/c1-15(2)11-6-5-9(7-10(11)14)13(18)16(3)8-12(17)19-4/h5-7H,8,14H2,1-4H3. The summed E-state index contributed by atoms with van der Waals surface area (Å²) in [5, 5.41) is 0. The average Bonchev–Trinajstić information content (AvgIpc) is 2.36. The number of nitrogen functional groups attached to an aromatic ring is 1. The molecule has 0 atom stereocenters. The van der Waals surface area contributed by atoms with Crippen LogP contribution >= 0.6 is 0 Å². The normalized spacial score (nSPS) is 9.89. The first-order valence-corrected chi connectivity index (χ1v) is 5.76. The number of hydrogen-bond acceptors (Lipinski definition) is 5. The van der Waals surface area contributed by atoms with Gasteiger partial charge < -0.3 is 20.3 Å². The molecule has 1 aromatic rings. The summed E-state index contributed by atoms with van der Waals surface area (Å²) >= 11 is 0. The molecule has 0 unspecified atom stereocenters. The van der Waals surface area contributed by atoms with Crippen LogP contribution in [0.4, 0.5) is 11.4 Å². The van der Waals surface area contributed by atoms with Crippen molar-refractivity contribution in [2.75, 3.05) is 45.4 Å². The van der Waals surface area contributed by atoms with E-state index >= 15 is 0 Å². The summed E-state index contributed by atoms with van der Waals surface area (Å²) < 4.78 is 4.52. The third kappa shape index (κ3) is 3.61. The highest BCUT2D eigenvalue weighted by atomic mass is 16.5. The summed E-state index contributed by atoms with van der Waals surface area (Å²) in [6.45, 7) is -0.0926. The highest BCUT2D eigenvalue weighted by Crippen LogP contribution is 2.22. The highest BCUT2D eigenvalue weighted by molar-refractivity contribution is 5.97. The van der Waals surface area contributed by atoms with E-state index in [0.717, 1.165) is 5.69 Å². The number of amides is 1. The molecule has 0 heterocycles. The van der Waals surface area contributed by atoms with Gasteiger partial charge in [-0.05, 0) is 18.2 Å². The van der Waals surface area contributed by atoms with Crippen LogP contribution < -0.4 is 10.6 Å². The molecular formula is C13H19N3O3. The van der Waals surface area contributed by atoms with Gasteiger partial charge in [0.05, 0.1) is 18.5 Å². The predicted octanol–water partition coefficient (Wildman–Crippen LogP) is 0.580. The third-order valence-electron chi connectivity index (χ3n) is 2.70. The van der Waals surface area contributed by atoms with E-state index in [1.165, 1.54) is 19.1 Å². The van der Waals surface area contributed by atoms with Crippen LogP contribution in [-0.2, 0) is 9.53 Å². The molecule has 0 aliphatic carbocycles. The molecule has 1 aromatic carbocycles. The predicted molar refractivity (Wildman–Crippen MR) is 74.2 cm³/mol. The van der Waals surface area contributed by atoms with Crippen molar-refractivity contribution in [2.45, 2.75) is 0 Å². The number of ether oxygens (including phenoxy) is 1. The zero-order valence-electron chi connectivity index (χ0n) is 11.6. The Balaban J connectivity index is 2.89. The summed E-state index contributed by atoms with van der Waals surface area (Å²) in [5.41, 5.74) is 7.68. The molecule has 0 saturated heterocycles. The number of anilines is 2. The Hall–Kier alpha value is -2.24. The maximum atomic E-state index is 12.1. The molecule has 0 saturated carbocycles. The lowest BCUT2D eigenvalue weighted by Gasteiger charge is -2.18. The van der Waals surface area contributed by atoms with Crippen LogP contribution in [-0.4, -0.2) is 51.6 Å². The fourth-order valence-corrected chi connectivity index (χ4v) is 1.65. The Kier molecular flexibility index (Phi) is 4.74. The average molecular weight is 265 g/mol. The van der Waals surface area contributed by atoms with Gasteiger partial charge in [0, 0.05) is 26.7 Å². The maximum Gasteiger partial charge on any atom is 0.325 e. The maximum absolute atomic E-state index is 12.1. The summed E-state index contributed by atoms with van der Waals surface area (Å²) in [6.07, 6.45) is 0. The Morgan fingerprint density at radius 1 is 1.26 bits per heavy atom. The largest absolute Gasteiger partial charge is 0.468 e. The number of nitrogens with two attached hydrogens (primary N) is 1. The first-order valence-electron chi connectivity index (χ1n) is 5.76. The number of carbonyl (C=O) groups is 2. The van der Waals surface area contributed by atoms with Crippen molar-refractivity contribution in [3.63, 3.8) is 0 Å². The van der Waals surface area contributed by atoms with E-state index in [1.54, 1.807) is 18.2 Å². The molecule has 6 heteroatoms. The van der Waals surface area contributed by atoms with Crippen LogP contribution in [0, 0.1) is 0 Å². The van der Waals surface area contributed by atoms with E-state index in [4.69, 9.17) is 5.73 Å². The summed E-state index contributed by atoms with van der Waals surface area (Å²) in [6, 6.07) is 5.06. The van der Waals surface area contributed by atoms with Crippen LogP contribution in [0.15, 0.2) is 18.2 Å². The van der Waals surface area contributed by atoms with E-state index in [0.29, 0.717) is 11.3 Å². The monoisotopic (exact) mass is 265 g/mol. The van der Waals surface area contributed by atoms with E-state index in [2.05, 4.69) is 4.74 Å². The van der Waals surface area contributed by atoms with Gasteiger partial charge in [-0.3, -0.25) is 9.59 Å². The van der Waals surface area contributed by atoms with Crippen LogP contribution in [0.1, 0.15) is 10.4 Å². The fourth-order valence-electron chi connectivity index (χ4n) is 1.65. The van der Waals surface area contributed by atoms with Crippen LogP contribution in [0.25, 0.3) is 0 Å².